The molecular formula is C21H29N. The molecule has 0 aliphatic heterocycles. The number of allylic oxidation sites excluding steroid dienone is 2. The molecule has 1 unspecified atom stereocenters. The van der Waals surface area contributed by atoms with Crippen molar-refractivity contribution in [2.75, 3.05) is 0 Å². The summed E-state index contributed by atoms with van der Waals surface area (Å²) in [7, 11) is 0. The Morgan fingerprint density at radius 2 is 2.05 bits per heavy atom. The van der Waals surface area contributed by atoms with Crippen molar-refractivity contribution in [2.45, 2.75) is 78.1 Å². The van der Waals surface area contributed by atoms with Crippen LogP contribution in [-0.2, 0) is 12.8 Å². The number of benzene rings is 1. The summed E-state index contributed by atoms with van der Waals surface area (Å²) in [6.45, 7) is 6.68. The fourth-order valence-corrected chi connectivity index (χ4v) is 3.66. The molecule has 2 rings (SSSR count). The van der Waals surface area contributed by atoms with E-state index in [2.05, 4.69) is 45.0 Å². The van der Waals surface area contributed by atoms with E-state index in [0.717, 1.165) is 18.4 Å². The van der Waals surface area contributed by atoms with Crippen LogP contribution in [-0.4, -0.2) is 0 Å². The van der Waals surface area contributed by atoms with E-state index in [0.29, 0.717) is 5.92 Å². The molecule has 0 spiro atoms. The van der Waals surface area contributed by atoms with E-state index in [4.69, 9.17) is 0 Å². The van der Waals surface area contributed by atoms with Gasteiger partial charge >= 0.3 is 0 Å². The Hall–Kier alpha value is -1.55. The predicted octanol–water partition coefficient (Wildman–Crippen LogP) is 6.07. The molecule has 0 fully saturated rings. The van der Waals surface area contributed by atoms with Gasteiger partial charge in [-0.2, -0.15) is 5.26 Å². The SMILES string of the molecule is CCCCCc1cc(C#N)c(C2C=C(C)CCC2)c(CC)c1. The largest absolute Gasteiger partial charge is 0.192 e. The van der Waals surface area contributed by atoms with Crippen LogP contribution in [0.1, 0.15) is 87.5 Å². The van der Waals surface area contributed by atoms with Gasteiger partial charge in [-0.05, 0) is 68.2 Å². The lowest BCUT2D eigenvalue weighted by atomic mass is 9.80. The average molecular weight is 295 g/mol. The highest BCUT2D eigenvalue weighted by Gasteiger charge is 2.20. The molecule has 0 bridgehead atoms. The second-order valence-corrected chi connectivity index (χ2v) is 6.65. The van der Waals surface area contributed by atoms with Crippen LogP contribution in [0.4, 0.5) is 0 Å². The molecule has 1 nitrogen and oxygen atoms in total. The van der Waals surface area contributed by atoms with E-state index in [9.17, 15) is 5.26 Å². The molecule has 0 N–H and O–H groups in total. The molecule has 1 heteroatoms. The first-order valence-electron chi connectivity index (χ1n) is 8.92. The number of nitriles is 1. The van der Waals surface area contributed by atoms with Crippen molar-refractivity contribution in [3.63, 3.8) is 0 Å². The molecular weight excluding hydrogens is 266 g/mol. The highest BCUT2D eigenvalue weighted by molar-refractivity contribution is 5.50. The van der Waals surface area contributed by atoms with Crippen LogP contribution in [0.3, 0.4) is 0 Å². The molecule has 0 aromatic heterocycles. The third-order valence-corrected chi connectivity index (χ3v) is 4.84. The number of nitrogens with zero attached hydrogens (tertiary/aromatic N) is 1. The third-order valence-electron chi connectivity index (χ3n) is 4.84. The monoisotopic (exact) mass is 295 g/mol. The van der Waals surface area contributed by atoms with Gasteiger partial charge in [-0.3, -0.25) is 0 Å². The molecule has 1 aromatic carbocycles. The zero-order chi connectivity index (χ0) is 15.9. The topological polar surface area (TPSA) is 23.8 Å². The maximum absolute atomic E-state index is 9.66. The predicted molar refractivity (Wildman–Crippen MR) is 94.1 cm³/mol. The molecule has 1 aliphatic rings. The summed E-state index contributed by atoms with van der Waals surface area (Å²) in [4.78, 5) is 0. The minimum absolute atomic E-state index is 0.447. The first kappa shape index (κ1) is 16.8. The summed E-state index contributed by atoms with van der Waals surface area (Å²) in [5.41, 5.74) is 6.45. The van der Waals surface area contributed by atoms with Gasteiger partial charge in [0.2, 0.25) is 0 Å². The van der Waals surface area contributed by atoms with Crippen molar-refractivity contribution >= 4 is 0 Å². The lowest BCUT2D eigenvalue weighted by molar-refractivity contribution is 0.628. The van der Waals surface area contributed by atoms with E-state index in [1.165, 1.54) is 60.8 Å². The van der Waals surface area contributed by atoms with Crippen molar-refractivity contribution in [3.05, 3.63) is 46.0 Å². The van der Waals surface area contributed by atoms with E-state index in [-0.39, 0.29) is 0 Å². The summed E-state index contributed by atoms with van der Waals surface area (Å²) in [5.74, 6) is 0.447. The summed E-state index contributed by atoms with van der Waals surface area (Å²) < 4.78 is 0. The van der Waals surface area contributed by atoms with Gasteiger partial charge in [-0.1, -0.05) is 44.4 Å². The normalized spacial score (nSPS) is 17.9. The van der Waals surface area contributed by atoms with Crippen molar-refractivity contribution in [3.8, 4) is 6.07 Å². The summed E-state index contributed by atoms with van der Waals surface area (Å²) in [6.07, 6.45) is 11.9. The number of hydrogen-bond donors (Lipinski definition) is 0. The lowest BCUT2D eigenvalue weighted by Gasteiger charge is -2.24. The maximum Gasteiger partial charge on any atom is 0.0994 e. The van der Waals surface area contributed by atoms with Crippen LogP contribution < -0.4 is 0 Å². The summed E-state index contributed by atoms with van der Waals surface area (Å²) in [5, 5.41) is 9.66. The highest BCUT2D eigenvalue weighted by atomic mass is 14.3. The first-order chi connectivity index (χ1) is 10.7. The molecule has 0 saturated carbocycles. The van der Waals surface area contributed by atoms with Crippen LogP contribution in [0.25, 0.3) is 0 Å². The Bertz CT molecular complexity index is 574. The highest BCUT2D eigenvalue weighted by Crippen LogP contribution is 2.35. The molecule has 0 amide bonds. The van der Waals surface area contributed by atoms with Crippen LogP contribution in [0.5, 0.6) is 0 Å². The Kier molecular flexibility index (Phi) is 6.25. The molecule has 1 atom stereocenters. The second kappa shape index (κ2) is 8.18. The van der Waals surface area contributed by atoms with Crippen molar-refractivity contribution in [2.24, 2.45) is 0 Å². The van der Waals surface area contributed by atoms with Crippen LogP contribution in [0.15, 0.2) is 23.8 Å². The summed E-state index contributed by atoms with van der Waals surface area (Å²) in [6, 6.07) is 7.00. The Morgan fingerprint density at radius 1 is 1.23 bits per heavy atom. The van der Waals surface area contributed by atoms with E-state index < -0.39 is 0 Å². The van der Waals surface area contributed by atoms with Gasteiger partial charge in [0.1, 0.15) is 0 Å². The Morgan fingerprint density at radius 3 is 2.68 bits per heavy atom. The average Bonchev–Trinajstić information content (AvgIpc) is 2.54. The number of aryl methyl sites for hydroxylation is 2. The number of hydrogen-bond acceptors (Lipinski definition) is 1. The van der Waals surface area contributed by atoms with Gasteiger partial charge in [0.05, 0.1) is 11.6 Å². The molecule has 0 radical (unpaired) electrons. The van der Waals surface area contributed by atoms with E-state index in [1.807, 2.05) is 0 Å². The molecule has 22 heavy (non-hydrogen) atoms. The summed E-state index contributed by atoms with van der Waals surface area (Å²) >= 11 is 0. The van der Waals surface area contributed by atoms with Crippen LogP contribution in [0.2, 0.25) is 0 Å². The molecule has 1 aliphatic carbocycles. The second-order valence-electron chi connectivity index (χ2n) is 6.65. The van der Waals surface area contributed by atoms with Crippen LogP contribution >= 0.6 is 0 Å². The smallest absolute Gasteiger partial charge is 0.0994 e. The molecule has 118 valence electrons. The van der Waals surface area contributed by atoms with Gasteiger partial charge in [0, 0.05) is 5.92 Å². The van der Waals surface area contributed by atoms with Gasteiger partial charge in [-0.15, -0.1) is 0 Å². The fourth-order valence-electron chi connectivity index (χ4n) is 3.66. The number of rotatable bonds is 6. The maximum atomic E-state index is 9.66. The minimum Gasteiger partial charge on any atom is -0.192 e. The van der Waals surface area contributed by atoms with Crippen LogP contribution in [0, 0.1) is 11.3 Å². The Labute approximate surface area is 136 Å². The van der Waals surface area contributed by atoms with E-state index >= 15 is 0 Å². The molecule has 0 heterocycles. The fraction of sp³-hybridized carbons (Fsp3) is 0.571. The zero-order valence-corrected chi connectivity index (χ0v) is 14.4. The minimum atomic E-state index is 0.447. The standard InChI is InChI=1S/C21H29N/c1-4-6-7-10-17-13-18(5-2)21(20(14-17)15-22)19-11-8-9-16(3)12-19/h12-14,19H,4-11H2,1-3H3. The number of unbranched alkanes of at least 4 members (excludes halogenated alkanes) is 2. The van der Waals surface area contributed by atoms with Crippen molar-refractivity contribution < 1.29 is 0 Å². The van der Waals surface area contributed by atoms with Crippen molar-refractivity contribution in [1.82, 2.24) is 0 Å². The third kappa shape index (κ3) is 4.01. The lowest BCUT2D eigenvalue weighted by Crippen LogP contribution is -2.08. The quantitative estimate of drug-likeness (QED) is 0.461. The zero-order valence-electron chi connectivity index (χ0n) is 14.4. The van der Waals surface area contributed by atoms with Gasteiger partial charge in [-0.25, -0.2) is 0 Å². The van der Waals surface area contributed by atoms with Gasteiger partial charge < -0.3 is 0 Å². The Balaban J connectivity index is 2.36. The van der Waals surface area contributed by atoms with Crippen molar-refractivity contribution in [1.29, 1.82) is 5.26 Å². The van der Waals surface area contributed by atoms with E-state index in [1.54, 1.807) is 0 Å². The molecule has 1 aromatic rings. The molecule has 0 saturated heterocycles. The van der Waals surface area contributed by atoms with Gasteiger partial charge in [0.25, 0.3) is 0 Å². The first-order valence-corrected chi connectivity index (χ1v) is 8.92. The van der Waals surface area contributed by atoms with Gasteiger partial charge in [0.15, 0.2) is 0 Å².